The van der Waals surface area contributed by atoms with Gasteiger partial charge in [-0.1, -0.05) is 61.0 Å². The lowest BCUT2D eigenvalue weighted by atomic mass is 9.98. The largest absolute Gasteiger partial charge is 0.444 e. The summed E-state index contributed by atoms with van der Waals surface area (Å²) in [6.07, 6.45) is 1.43. The highest BCUT2D eigenvalue weighted by atomic mass is 32.2. The van der Waals surface area contributed by atoms with Crippen LogP contribution in [0.2, 0.25) is 0 Å². The Balaban J connectivity index is 1.36. The molecule has 0 spiro atoms. The van der Waals surface area contributed by atoms with Crippen LogP contribution in [0, 0.1) is 18.3 Å². The number of aromatic nitrogens is 2. The first-order chi connectivity index (χ1) is 21.3. The number of anilines is 2. The lowest BCUT2D eigenvalue weighted by Crippen LogP contribution is -2.34. The second-order valence-corrected chi connectivity index (χ2v) is 13.2. The molecule has 0 aliphatic rings. The summed E-state index contributed by atoms with van der Waals surface area (Å²) in [4.78, 5) is 21.0. The highest BCUT2D eigenvalue weighted by molar-refractivity contribution is 7.86. The quantitative estimate of drug-likeness (QED) is 0.175. The van der Waals surface area contributed by atoms with Crippen molar-refractivity contribution in [1.82, 2.24) is 15.3 Å². The monoisotopic (exact) mass is 627 g/mol. The van der Waals surface area contributed by atoms with Crippen LogP contribution in [-0.4, -0.2) is 43.2 Å². The van der Waals surface area contributed by atoms with E-state index in [2.05, 4.69) is 26.7 Å². The first kappa shape index (κ1) is 33.1. The number of carbonyl (C=O) groups is 1. The Kier molecular flexibility index (Phi) is 10.5. The molecule has 45 heavy (non-hydrogen) atoms. The Bertz CT molecular complexity index is 1760. The maximum atomic E-state index is 12.4. The zero-order valence-electron chi connectivity index (χ0n) is 26.0. The average molecular weight is 628 g/mol. The van der Waals surface area contributed by atoms with Crippen LogP contribution >= 0.6 is 0 Å². The number of amides is 1. The first-order valence-electron chi connectivity index (χ1n) is 14.5. The van der Waals surface area contributed by atoms with Gasteiger partial charge in [-0.25, -0.2) is 14.8 Å². The fraction of sp³-hybridized carbons (Fsp3) is 0.294. The number of aryl methyl sites for hydroxylation is 1. The molecule has 1 atom stereocenters. The minimum absolute atomic E-state index is 0.0168. The molecule has 10 nitrogen and oxygen atoms in total. The molecule has 0 saturated carbocycles. The van der Waals surface area contributed by atoms with Gasteiger partial charge in [-0.15, -0.1) is 0 Å². The fourth-order valence-electron chi connectivity index (χ4n) is 4.31. The van der Waals surface area contributed by atoms with Gasteiger partial charge >= 0.3 is 6.09 Å². The molecule has 0 saturated heterocycles. The summed E-state index contributed by atoms with van der Waals surface area (Å²) in [6.45, 7) is 9.78. The normalized spacial score (nSPS) is 12.2. The van der Waals surface area contributed by atoms with E-state index in [0.29, 0.717) is 30.2 Å². The molecular formula is C34H37N5O5S. The molecule has 2 N–H and O–H groups in total. The van der Waals surface area contributed by atoms with Gasteiger partial charge in [-0.3, -0.25) is 4.18 Å². The second-order valence-electron chi connectivity index (χ2n) is 11.6. The van der Waals surface area contributed by atoms with Gasteiger partial charge in [0, 0.05) is 17.8 Å². The van der Waals surface area contributed by atoms with Gasteiger partial charge in [0.2, 0.25) is 5.95 Å². The van der Waals surface area contributed by atoms with E-state index in [1.54, 1.807) is 12.1 Å². The number of alkyl carbamates (subject to hydrolysis) is 1. The third kappa shape index (κ3) is 9.60. The minimum Gasteiger partial charge on any atom is -0.444 e. The van der Waals surface area contributed by atoms with Crippen molar-refractivity contribution in [3.8, 4) is 17.3 Å². The number of nitrogens with zero attached hydrogens (tertiary/aromatic N) is 3. The second kappa shape index (κ2) is 14.3. The Morgan fingerprint density at radius 1 is 1.00 bits per heavy atom. The van der Waals surface area contributed by atoms with Gasteiger partial charge in [0.15, 0.2) is 0 Å². The van der Waals surface area contributed by atoms with Crippen LogP contribution in [0.15, 0.2) is 83.9 Å². The van der Waals surface area contributed by atoms with Crippen LogP contribution in [0.25, 0.3) is 11.3 Å². The van der Waals surface area contributed by atoms with Crippen molar-refractivity contribution in [3.63, 3.8) is 0 Å². The van der Waals surface area contributed by atoms with E-state index in [4.69, 9.17) is 8.92 Å². The number of carbonyl (C=O) groups excluding carboxylic acids is 1. The molecule has 4 aromatic rings. The van der Waals surface area contributed by atoms with Crippen LogP contribution in [0.3, 0.4) is 0 Å². The number of hydrogen-bond donors (Lipinski definition) is 2. The van der Waals surface area contributed by atoms with Crippen LogP contribution in [0.5, 0.6) is 0 Å². The van der Waals surface area contributed by atoms with E-state index in [1.807, 2.05) is 83.1 Å². The molecule has 1 heterocycles. The molecule has 0 aliphatic carbocycles. The van der Waals surface area contributed by atoms with Crippen molar-refractivity contribution in [3.05, 3.63) is 101 Å². The number of benzene rings is 3. The van der Waals surface area contributed by atoms with Gasteiger partial charge in [0.1, 0.15) is 11.7 Å². The van der Waals surface area contributed by atoms with E-state index in [0.717, 1.165) is 27.9 Å². The lowest BCUT2D eigenvalue weighted by Gasteiger charge is -2.21. The van der Waals surface area contributed by atoms with E-state index < -0.39 is 21.8 Å². The van der Waals surface area contributed by atoms with E-state index in [1.165, 1.54) is 18.3 Å². The summed E-state index contributed by atoms with van der Waals surface area (Å²) in [6, 6.07) is 23.8. The van der Waals surface area contributed by atoms with Crippen molar-refractivity contribution >= 4 is 27.8 Å². The van der Waals surface area contributed by atoms with Gasteiger partial charge in [-0.05, 0) is 75.4 Å². The van der Waals surface area contributed by atoms with Crippen molar-refractivity contribution in [2.24, 2.45) is 0 Å². The van der Waals surface area contributed by atoms with E-state index in [-0.39, 0.29) is 17.4 Å². The zero-order valence-corrected chi connectivity index (χ0v) is 26.8. The Morgan fingerprint density at radius 2 is 1.67 bits per heavy atom. The Morgan fingerprint density at radius 3 is 2.29 bits per heavy atom. The molecule has 11 heteroatoms. The van der Waals surface area contributed by atoms with Crippen molar-refractivity contribution in [2.45, 2.75) is 57.5 Å². The van der Waals surface area contributed by atoms with Gasteiger partial charge in [0.25, 0.3) is 10.1 Å². The molecule has 234 valence electrons. The fourth-order valence-corrected chi connectivity index (χ4v) is 5.22. The molecule has 0 fully saturated rings. The van der Waals surface area contributed by atoms with Gasteiger partial charge in [0.05, 0.1) is 29.0 Å². The molecule has 1 aromatic heterocycles. The number of rotatable bonds is 11. The molecular weight excluding hydrogens is 590 g/mol. The maximum absolute atomic E-state index is 12.4. The molecule has 4 rings (SSSR count). The van der Waals surface area contributed by atoms with Gasteiger partial charge < -0.3 is 15.4 Å². The minimum atomic E-state index is -3.82. The third-order valence-corrected chi connectivity index (χ3v) is 8.09. The van der Waals surface area contributed by atoms with Crippen LogP contribution in [0.1, 0.15) is 55.9 Å². The predicted molar refractivity (Wildman–Crippen MR) is 173 cm³/mol. The van der Waals surface area contributed by atoms with Crippen molar-refractivity contribution < 1.29 is 22.1 Å². The molecule has 0 aliphatic heterocycles. The summed E-state index contributed by atoms with van der Waals surface area (Å²) >= 11 is 0. The van der Waals surface area contributed by atoms with Crippen molar-refractivity contribution in [2.75, 3.05) is 18.5 Å². The third-order valence-electron chi connectivity index (χ3n) is 6.76. The van der Waals surface area contributed by atoms with E-state index >= 15 is 0 Å². The molecule has 0 bridgehead atoms. The number of nitrogens with one attached hydrogen (secondary N) is 2. The predicted octanol–water partition coefficient (Wildman–Crippen LogP) is 6.64. The topological polar surface area (TPSA) is 143 Å². The molecule has 3 aromatic carbocycles. The maximum Gasteiger partial charge on any atom is 0.407 e. The number of hydrogen-bond acceptors (Lipinski definition) is 9. The molecule has 1 amide bonds. The van der Waals surface area contributed by atoms with Crippen LogP contribution < -0.4 is 10.6 Å². The molecule has 1 unspecified atom stereocenters. The summed E-state index contributed by atoms with van der Waals surface area (Å²) in [5.41, 5.74) is 4.63. The highest BCUT2D eigenvalue weighted by Crippen LogP contribution is 2.26. The molecule has 0 radical (unpaired) electrons. The van der Waals surface area contributed by atoms with Crippen molar-refractivity contribution in [1.29, 1.82) is 5.26 Å². The Labute approximate surface area is 264 Å². The highest BCUT2D eigenvalue weighted by Gasteiger charge is 2.18. The number of ether oxygens (including phenoxy) is 1. The SMILES string of the molecule is Cc1ccc(S(=O)(=O)OCCc2ccc(Nc3ncc(C#N)c(-c4ccc(C(C)CNC(=O)OC(C)(C)C)cc4)n3)cc2)cc1. The van der Waals surface area contributed by atoms with Crippen LogP contribution in [0.4, 0.5) is 16.4 Å². The standard InChI is InChI=1S/C34H37N5O5S/c1-23-6-16-30(17-7-23)45(41,42)43-19-18-25-8-14-29(15-9-25)38-32-36-22-28(20-35)31(39-32)27-12-10-26(11-13-27)24(2)21-37-33(40)44-34(3,4)5/h6-17,22,24H,18-19,21H2,1-5H3,(H,37,40)(H,36,38,39). The average Bonchev–Trinajstić information content (AvgIpc) is 3.00. The summed E-state index contributed by atoms with van der Waals surface area (Å²) in [5, 5.41) is 15.6. The van der Waals surface area contributed by atoms with Gasteiger partial charge in [-0.2, -0.15) is 13.7 Å². The summed E-state index contributed by atoms with van der Waals surface area (Å²) in [5.74, 6) is 0.361. The summed E-state index contributed by atoms with van der Waals surface area (Å²) in [7, 11) is -3.82. The van der Waals surface area contributed by atoms with Crippen LogP contribution in [-0.2, 0) is 25.5 Å². The van der Waals surface area contributed by atoms with E-state index in [9.17, 15) is 18.5 Å². The lowest BCUT2D eigenvalue weighted by molar-refractivity contribution is 0.0525. The number of nitriles is 1. The zero-order chi connectivity index (χ0) is 32.6. The Hall–Kier alpha value is -4.79. The smallest absolute Gasteiger partial charge is 0.407 e. The first-order valence-corrected chi connectivity index (χ1v) is 15.9. The summed E-state index contributed by atoms with van der Waals surface area (Å²) < 4.78 is 35.3.